The summed E-state index contributed by atoms with van der Waals surface area (Å²) in [6, 6.07) is 0. The second-order valence-electron chi connectivity index (χ2n) is 2.14. The van der Waals surface area contributed by atoms with Gasteiger partial charge in [-0.15, -0.1) is 0 Å². The zero-order chi connectivity index (χ0) is 6.53. The van der Waals surface area contributed by atoms with Gasteiger partial charge in [-0.1, -0.05) is 30.1 Å². The maximum atomic E-state index is 3.06. The molecule has 9 heavy (non-hydrogen) atoms. The highest BCUT2D eigenvalue weighted by Crippen LogP contribution is 1.98. The van der Waals surface area contributed by atoms with Crippen molar-refractivity contribution in [2.75, 3.05) is 0 Å². The average molecular weight is 118 g/mol. The van der Waals surface area contributed by atoms with E-state index in [4.69, 9.17) is 0 Å². The molecule has 1 aliphatic rings. The highest BCUT2D eigenvalue weighted by Gasteiger charge is 1.87. The topological polar surface area (TPSA) is 0 Å². The molecule has 1 rings (SSSR count). The molecule has 46 valence electrons. The van der Waals surface area contributed by atoms with Crippen LogP contribution in [-0.4, -0.2) is 0 Å². The fourth-order valence-corrected chi connectivity index (χ4v) is 0.716. The van der Waals surface area contributed by atoms with Gasteiger partial charge in [-0.05, 0) is 19.4 Å². The molecule has 0 N–H and O–H groups in total. The molecule has 1 atom stereocenters. The summed E-state index contributed by atoms with van der Waals surface area (Å²) in [5.74, 6) is 6.44. The van der Waals surface area contributed by atoms with Crippen molar-refractivity contribution in [2.24, 2.45) is 5.92 Å². The van der Waals surface area contributed by atoms with E-state index in [2.05, 4.69) is 37.0 Å². The Hall–Kier alpha value is -0.960. The van der Waals surface area contributed by atoms with E-state index in [1.54, 1.807) is 0 Å². The Morgan fingerprint density at radius 1 is 1.44 bits per heavy atom. The average Bonchev–Trinajstić information content (AvgIpc) is 1.79. The van der Waals surface area contributed by atoms with Crippen molar-refractivity contribution in [3.8, 4) is 11.8 Å². The van der Waals surface area contributed by atoms with Gasteiger partial charge in [0.15, 0.2) is 0 Å². The first-order valence-corrected chi connectivity index (χ1v) is 3.22. The monoisotopic (exact) mass is 118 g/mol. The van der Waals surface area contributed by atoms with Gasteiger partial charge in [0.05, 0.1) is 0 Å². The molecule has 0 heterocycles. The molecule has 0 heteroatoms. The van der Waals surface area contributed by atoms with E-state index in [0.29, 0.717) is 5.92 Å². The molecule has 0 aromatic rings. The molecule has 0 amide bonds. The van der Waals surface area contributed by atoms with Crippen molar-refractivity contribution >= 4 is 0 Å². The van der Waals surface area contributed by atoms with E-state index in [0.717, 1.165) is 6.42 Å². The van der Waals surface area contributed by atoms with Gasteiger partial charge < -0.3 is 0 Å². The lowest BCUT2D eigenvalue weighted by Crippen LogP contribution is -1.82. The summed E-state index contributed by atoms with van der Waals surface area (Å²) >= 11 is 0. The number of allylic oxidation sites excluding steroid dienone is 4. The Kier molecular flexibility index (Phi) is 2.15. The van der Waals surface area contributed by atoms with Gasteiger partial charge in [0, 0.05) is 5.92 Å². The molecule has 0 saturated heterocycles. The van der Waals surface area contributed by atoms with Crippen LogP contribution in [0.3, 0.4) is 0 Å². The van der Waals surface area contributed by atoms with Crippen molar-refractivity contribution in [3.63, 3.8) is 0 Å². The SMILES string of the molecule is CC1C#C/C=C\C/C=C\1. The molecule has 0 saturated carbocycles. The normalized spacial score (nSPS) is 31.0. The van der Waals surface area contributed by atoms with Crippen LogP contribution in [0.5, 0.6) is 0 Å². The maximum Gasteiger partial charge on any atom is 0.0357 e. The Balaban J connectivity index is 2.69. The Morgan fingerprint density at radius 3 is 3.22 bits per heavy atom. The summed E-state index contributed by atoms with van der Waals surface area (Å²) in [6.07, 6.45) is 9.29. The summed E-state index contributed by atoms with van der Waals surface area (Å²) < 4.78 is 0. The standard InChI is InChI=1S/C9H10/c1-9-7-5-3-2-4-6-8-9/h2-3,6,8-9H,4H2,1H3/b3-2-,8-6-. The zero-order valence-electron chi connectivity index (χ0n) is 5.59. The molecule has 0 aromatic carbocycles. The molecule has 0 fully saturated rings. The molecule has 0 aromatic heterocycles. The Morgan fingerprint density at radius 2 is 2.33 bits per heavy atom. The molecule has 1 aliphatic carbocycles. The summed E-state index contributed by atoms with van der Waals surface area (Å²) in [6.45, 7) is 2.10. The summed E-state index contributed by atoms with van der Waals surface area (Å²) in [5.41, 5.74) is 0. The lowest BCUT2D eigenvalue weighted by Gasteiger charge is -1.93. The molecular weight excluding hydrogens is 108 g/mol. The summed E-state index contributed by atoms with van der Waals surface area (Å²) in [5, 5.41) is 0. The second kappa shape index (κ2) is 3.14. The van der Waals surface area contributed by atoms with Crippen molar-refractivity contribution in [1.82, 2.24) is 0 Å². The van der Waals surface area contributed by atoms with Gasteiger partial charge in [-0.25, -0.2) is 0 Å². The third kappa shape index (κ3) is 2.19. The van der Waals surface area contributed by atoms with Crippen LogP contribution in [0, 0.1) is 17.8 Å². The second-order valence-corrected chi connectivity index (χ2v) is 2.14. The fraction of sp³-hybridized carbons (Fsp3) is 0.333. The van der Waals surface area contributed by atoms with Crippen molar-refractivity contribution in [1.29, 1.82) is 0 Å². The lowest BCUT2D eigenvalue weighted by molar-refractivity contribution is 0.971. The summed E-state index contributed by atoms with van der Waals surface area (Å²) in [7, 11) is 0. The predicted molar refractivity (Wildman–Crippen MR) is 39.8 cm³/mol. The van der Waals surface area contributed by atoms with Crippen molar-refractivity contribution in [3.05, 3.63) is 24.3 Å². The Bertz CT molecular complexity index is 186. The van der Waals surface area contributed by atoms with Crippen LogP contribution >= 0.6 is 0 Å². The van der Waals surface area contributed by atoms with E-state index in [1.165, 1.54) is 0 Å². The van der Waals surface area contributed by atoms with Gasteiger partial charge in [0.1, 0.15) is 0 Å². The van der Waals surface area contributed by atoms with Gasteiger partial charge >= 0.3 is 0 Å². The van der Waals surface area contributed by atoms with Crippen molar-refractivity contribution < 1.29 is 0 Å². The minimum atomic E-state index is 0.426. The molecule has 1 unspecified atom stereocenters. The van der Waals surface area contributed by atoms with E-state index in [9.17, 15) is 0 Å². The van der Waals surface area contributed by atoms with Crippen LogP contribution in [0.25, 0.3) is 0 Å². The third-order valence-electron chi connectivity index (χ3n) is 1.21. The van der Waals surface area contributed by atoms with Gasteiger partial charge in [0.2, 0.25) is 0 Å². The van der Waals surface area contributed by atoms with E-state index in [1.807, 2.05) is 6.08 Å². The minimum Gasteiger partial charge on any atom is -0.0913 e. The van der Waals surface area contributed by atoms with Crippen LogP contribution in [0.2, 0.25) is 0 Å². The van der Waals surface area contributed by atoms with Crippen LogP contribution in [0.4, 0.5) is 0 Å². The molecular formula is C9H10. The summed E-state index contributed by atoms with van der Waals surface area (Å²) in [4.78, 5) is 0. The van der Waals surface area contributed by atoms with Crippen LogP contribution < -0.4 is 0 Å². The number of hydrogen-bond acceptors (Lipinski definition) is 0. The van der Waals surface area contributed by atoms with Crippen LogP contribution in [0.1, 0.15) is 13.3 Å². The van der Waals surface area contributed by atoms with Gasteiger partial charge in [0.25, 0.3) is 0 Å². The van der Waals surface area contributed by atoms with E-state index >= 15 is 0 Å². The van der Waals surface area contributed by atoms with Crippen molar-refractivity contribution in [2.45, 2.75) is 13.3 Å². The molecule has 0 nitrogen and oxygen atoms in total. The van der Waals surface area contributed by atoms with Gasteiger partial charge in [-0.3, -0.25) is 0 Å². The molecule has 0 bridgehead atoms. The quantitative estimate of drug-likeness (QED) is 0.337. The van der Waals surface area contributed by atoms with Crippen LogP contribution in [-0.2, 0) is 0 Å². The zero-order valence-corrected chi connectivity index (χ0v) is 5.59. The van der Waals surface area contributed by atoms with E-state index in [-0.39, 0.29) is 0 Å². The number of rotatable bonds is 0. The first-order chi connectivity index (χ1) is 4.39. The minimum absolute atomic E-state index is 0.426. The molecule has 0 radical (unpaired) electrons. The Labute approximate surface area is 56.3 Å². The first-order valence-electron chi connectivity index (χ1n) is 3.22. The largest absolute Gasteiger partial charge is 0.0913 e. The highest BCUT2D eigenvalue weighted by molar-refractivity contribution is 5.22. The maximum absolute atomic E-state index is 3.06. The fourth-order valence-electron chi connectivity index (χ4n) is 0.716. The van der Waals surface area contributed by atoms with Gasteiger partial charge in [-0.2, -0.15) is 0 Å². The smallest absolute Gasteiger partial charge is 0.0357 e. The molecule has 0 spiro atoms. The van der Waals surface area contributed by atoms with E-state index < -0.39 is 0 Å². The predicted octanol–water partition coefficient (Wildman–Crippen LogP) is 2.14. The first kappa shape index (κ1) is 6.16. The van der Waals surface area contributed by atoms with Crippen LogP contribution in [0.15, 0.2) is 24.3 Å². The number of hydrogen-bond donors (Lipinski definition) is 0. The highest BCUT2D eigenvalue weighted by atomic mass is 13.9. The molecule has 0 aliphatic heterocycles. The third-order valence-corrected chi connectivity index (χ3v) is 1.21. The lowest BCUT2D eigenvalue weighted by atomic mass is 10.1.